The third-order valence-electron chi connectivity index (χ3n) is 2.78. The van der Waals surface area contributed by atoms with Gasteiger partial charge in [0.05, 0.1) is 5.71 Å². The number of rotatable bonds is 3. The molecule has 0 unspecified atom stereocenters. The summed E-state index contributed by atoms with van der Waals surface area (Å²) in [5.41, 5.74) is 11.2. The lowest BCUT2D eigenvalue weighted by atomic mass is 10.1. The van der Waals surface area contributed by atoms with Crippen LogP contribution in [-0.4, -0.2) is 16.8 Å². The van der Waals surface area contributed by atoms with Gasteiger partial charge in [0.15, 0.2) is 0 Å². The summed E-state index contributed by atoms with van der Waals surface area (Å²) >= 11 is 5.09. The Balaban J connectivity index is 1.93. The Hall–Kier alpha value is -2.73. The highest BCUT2D eigenvalue weighted by Gasteiger charge is 1.98. The molecule has 0 saturated heterocycles. The third kappa shape index (κ3) is 4.99. The van der Waals surface area contributed by atoms with E-state index in [1.54, 1.807) is 0 Å². The molecule has 0 aliphatic heterocycles. The van der Waals surface area contributed by atoms with Crippen LogP contribution in [0.2, 0.25) is 0 Å². The van der Waals surface area contributed by atoms with Crippen molar-refractivity contribution in [3.63, 3.8) is 0 Å². The molecule has 2 rings (SSSR count). The van der Waals surface area contributed by atoms with Crippen LogP contribution in [0.25, 0.3) is 0 Å². The highest BCUT2D eigenvalue weighted by molar-refractivity contribution is 7.80. The molecule has 0 aliphatic carbocycles. The van der Waals surface area contributed by atoms with Crippen LogP contribution in [0.5, 0.6) is 0 Å². The predicted molar refractivity (Wildman–Crippen MR) is 96.1 cm³/mol. The fourth-order valence-electron chi connectivity index (χ4n) is 1.71. The number of nitrogens with one attached hydrogen (secondary N) is 2. The molecule has 0 aromatic heterocycles. The molecule has 0 spiro atoms. The summed E-state index contributed by atoms with van der Waals surface area (Å²) in [5.74, 6) is 0.205. The minimum atomic E-state index is 0.191. The fraction of sp³-hybridized carbons (Fsp3) is 0.0625. The first kappa shape index (κ1) is 15.7. The molecule has 0 saturated carbocycles. The molecule has 6 heteroatoms. The van der Waals surface area contributed by atoms with Crippen LogP contribution in [0.3, 0.4) is 0 Å². The van der Waals surface area contributed by atoms with E-state index >= 15 is 0 Å². The van der Waals surface area contributed by atoms with Gasteiger partial charge in [-0.2, -0.15) is 10.1 Å². The third-order valence-corrected chi connectivity index (χ3v) is 2.96. The lowest BCUT2D eigenvalue weighted by Gasteiger charge is -2.05. The molecule has 0 aliphatic rings. The average molecular weight is 311 g/mol. The smallest absolute Gasteiger partial charge is 0.216 e. The highest BCUT2D eigenvalue weighted by atomic mass is 32.1. The number of para-hydroxylation sites is 1. The van der Waals surface area contributed by atoms with E-state index in [0.717, 1.165) is 17.0 Å². The van der Waals surface area contributed by atoms with Crippen molar-refractivity contribution in [1.29, 1.82) is 0 Å². The molecule has 0 amide bonds. The van der Waals surface area contributed by atoms with Gasteiger partial charge >= 0.3 is 0 Å². The molecule has 2 aromatic rings. The molecular weight excluding hydrogens is 294 g/mol. The van der Waals surface area contributed by atoms with Crippen molar-refractivity contribution >= 4 is 34.7 Å². The van der Waals surface area contributed by atoms with Gasteiger partial charge in [0.25, 0.3) is 0 Å². The van der Waals surface area contributed by atoms with Gasteiger partial charge in [-0.25, -0.2) is 0 Å². The van der Waals surface area contributed by atoms with Gasteiger partial charge in [0.1, 0.15) is 0 Å². The van der Waals surface area contributed by atoms with Crippen LogP contribution in [0, 0.1) is 0 Å². The van der Waals surface area contributed by atoms with E-state index in [1.165, 1.54) is 0 Å². The molecule has 0 radical (unpaired) electrons. The number of nitrogens with two attached hydrogens (primary N) is 1. The Morgan fingerprint density at radius 3 is 2.23 bits per heavy atom. The topological polar surface area (TPSA) is 74.8 Å². The Bertz CT molecular complexity index is 680. The van der Waals surface area contributed by atoms with Crippen molar-refractivity contribution in [2.45, 2.75) is 6.92 Å². The number of hydrogen-bond acceptors (Lipinski definition) is 2. The zero-order chi connectivity index (χ0) is 15.8. The first-order valence-electron chi connectivity index (χ1n) is 6.71. The number of anilines is 1. The predicted octanol–water partition coefficient (Wildman–Crippen LogP) is 2.71. The maximum atomic E-state index is 5.79. The largest absolute Gasteiger partial charge is 0.369 e. The van der Waals surface area contributed by atoms with Crippen molar-refractivity contribution in [3.05, 3.63) is 66.2 Å². The van der Waals surface area contributed by atoms with Gasteiger partial charge in [-0.05, 0) is 36.8 Å². The maximum Gasteiger partial charge on any atom is 0.216 e. The molecule has 22 heavy (non-hydrogen) atoms. The van der Waals surface area contributed by atoms with E-state index in [2.05, 4.69) is 20.8 Å². The second-order valence-electron chi connectivity index (χ2n) is 4.47. The molecule has 0 atom stereocenters. The van der Waals surface area contributed by atoms with Gasteiger partial charge in [0.2, 0.25) is 11.1 Å². The molecule has 0 heterocycles. The zero-order valence-electron chi connectivity index (χ0n) is 12.2. The number of nitrogens with zero attached hydrogens (tertiary/aromatic N) is 2. The van der Waals surface area contributed by atoms with Crippen LogP contribution in [0.1, 0.15) is 12.5 Å². The number of thiocarbonyl (C=S) groups is 1. The summed E-state index contributed by atoms with van der Waals surface area (Å²) in [6, 6.07) is 19.3. The molecule has 2 aromatic carbocycles. The molecule has 0 bridgehead atoms. The quantitative estimate of drug-likeness (QED) is 0.353. The summed E-state index contributed by atoms with van der Waals surface area (Å²) in [7, 11) is 0. The Morgan fingerprint density at radius 2 is 1.59 bits per heavy atom. The molecule has 0 fully saturated rings. The van der Waals surface area contributed by atoms with Gasteiger partial charge < -0.3 is 11.1 Å². The highest BCUT2D eigenvalue weighted by Crippen LogP contribution is 2.04. The van der Waals surface area contributed by atoms with Gasteiger partial charge in [-0.15, -0.1) is 0 Å². The first-order chi connectivity index (χ1) is 10.6. The van der Waals surface area contributed by atoms with Crippen molar-refractivity contribution < 1.29 is 0 Å². The van der Waals surface area contributed by atoms with Crippen molar-refractivity contribution in [2.24, 2.45) is 15.8 Å². The Labute approximate surface area is 135 Å². The van der Waals surface area contributed by atoms with Crippen LogP contribution in [0.4, 0.5) is 5.69 Å². The van der Waals surface area contributed by atoms with Gasteiger partial charge in [0, 0.05) is 5.69 Å². The van der Waals surface area contributed by atoms with E-state index in [-0.39, 0.29) is 11.1 Å². The summed E-state index contributed by atoms with van der Waals surface area (Å²) in [6.07, 6.45) is 0. The van der Waals surface area contributed by atoms with Crippen LogP contribution in [-0.2, 0) is 0 Å². The van der Waals surface area contributed by atoms with Crippen molar-refractivity contribution in [2.75, 3.05) is 5.32 Å². The van der Waals surface area contributed by atoms with Crippen LogP contribution < -0.4 is 16.5 Å². The summed E-state index contributed by atoms with van der Waals surface area (Å²) in [6.45, 7) is 1.89. The van der Waals surface area contributed by atoms with Crippen molar-refractivity contribution in [1.82, 2.24) is 5.43 Å². The van der Waals surface area contributed by atoms with E-state index in [9.17, 15) is 0 Å². The normalized spacial score (nSPS) is 11.9. The fourth-order valence-corrected chi connectivity index (χ4v) is 1.85. The lowest BCUT2D eigenvalue weighted by molar-refractivity contribution is 1.03. The summed E-state index contributed by atoms with van der Waals surface area (Å²) in [5, 5.41) is 7.32. The number of hydrogen-bond donors (Lipinski definition) is 3. The minimum absolute atomic E-state index is 0.191. The standard InChI is InChI=1S/C16H17N5S/c1-12(13-8-4-2-5-9-13)20-21-16(22)19-15(17)18-14-10-6-3-7-11-14/h2-11H,1H3,(H4,17,18,19,21,22)/b20-12+. The molecule has 5 nitrogen and oxygen atoms in total. The second-order valence-corrected chi connectivity index (χ2v) is 4.85. The average Bonchev–Trinajstić information content (AvgIpc) is 2.54. The van der Waals surface area contributed by atoms with E-state index in [4.69, 9.17) is 18.0 Å². The minimum Gasteiger partial charge on any atom is -0.369 e. The lowest BCUT2D eigenvalue weighted by Crippen LogP contribution is -2.26. The molecule has 4 N–H and O–H groups in total. The maximum absolute atomic E-state index is 5.79. The monoisotopic (exact) mass is 311 g/mol. The zero-order valence-corrected chi connectivity index (χ0v) is 13.0. The summed E-state index contributed by atoms with van der Waals surface area (Å²) in [4.78, 5) is 4.03. The first-order valence-corrected chi connectivity index (χ1v) is 7.12. The van der Waals surface area contributed by atoms with E-state index in [1.807, 2.05) is 67.6 Å². The number of benzene rings is 2. The van der Waals surface area contributed by atoms with Crippen molar-refractivity contribution in [3.8, 4) is 0 Å². The number of aliphatic imine (C=N–C) groups is 1. The SMILES string of the molecule is C/C(=N\NC(=S)/N=C(\N)Nc1ccccc1)c1ccccc1. The number of hydrazone groups is 1. The van der Waals surface area contributed by atoms with E-state index < -0.39 is 0 Å². The van der Waals surface area contributed by atoms with Crippen LogP contribution in [0.15, 0.2) is 70.8 Å². The van der Waals surface area contributed by atoms with E-state index in [0.29, 0.717) is 0 Å². The van der Waals surface area contributed by atoms with Crippen LogP contribution >= 0.6 is 12.2 Å². The second kappa shape index (κ2) is 7.90. The summed E-state index contributed by atoms with van der Waals surface area (Å²) < 4.78 is 0. The number of guanidine groups is 1. The Morgan fingerprint density at radius 1 is 1.00 bits per heavy atom. The molecular formula is C16H17N5S. The van der Waals surface area contributed by atoms with Gasteiger partial charge in [-0.3, -0.25) is 5.43 Å². The molecule has 112 valence electrons. The Kier molecular flexibility index (Phi) is 5.62. The van der Waals surface area contributed by atoms with Gasteiger partial charge in [-0.1, -0.05) is 48.5 Å².